The van der Waals surface area contributed by atoms with Gasteiger partial charge in [0.2, 0.25) is 0 Å². The summed E-state index contributed by atoms with van der Waals surface area (Å²) < 4.78 is 0. The Labute approximate surface area is 94.4 Å². The molecule has 0 atom stereocenters. The number of hydrogen-bond acceptors (Lipinski definition) is 1. The van der Waals surface area contributed by atoms with E-state index in [0.717, 1.165) is 16.8 Å². The summed E-state index contributed by atoms with van der Waals surface area (Å²) >= 11 is 0. The summed E-state index contributed by atoms with van der Waals surface area (Å²) in [6, 6.07) is 23.2. The fourth-order valence-corrected chi connectivity index (χ4v) is 1.78. The van der Waals surface area contributed by atoms with Crippen LogP contribution >= 0.6 is 0 Å². The molecule has 0 aliphatic carbocycles. The van der Waals surface area contributed by atoms with E-state index in [-0.39, 0.29) is 0 Å². The van der Waals surface area contributed by atoms with Gasteiger partial charge in [-0.05, 0) is 24.3 Å². The van der Waals surface area contributed by atoms with E-state index in [1.165, 1.54) is 5.39 Å². The lowest BCUT2D eigenvalue weighted by Crippen LogP contribution is -1.84. The molecule has 0 saturated heterocycles. The van der Waals surface area contributed by atoms with Gasteiger partial charge in [0, 0.05) is 10.9 Å². The van der Waals surface area contributed by atoms with Crippen molar-refractivity contribution in [3.63, 3.8) is 0 Å². The molecule has 3 aromatic rings. The second-order valence-corrected chi connectivity index (χ2v) is 3.68. The summed E-state index contributed by atoms with van der Waals surface area (Å²) in [5.74, 6) is 0. The fraction of sp³-hybridized carbons (Fsp3) is 0. The first-order valence-corrected chi connectivity index (χ1v) is 5.26. The molecule has 0 amide bonds. The van der Waals surface area contributed by atoms with Crippen LogP contribution in [0.2, 0.25) is 0 Å². The highest BCUT2D eigenvalue weighted by Gasteiger charge is 1.99. The molecule has 0 unspecified atom stereocenters. The van der Waals surface area contributed by atoms with Crippen molar-refractivity contribution in [1.82, 2.24) is 4.98 Å². The van der Waals surface area contributed by atoms with Gasteiger partial charge in [0.05, 0.1) is 11.2 Å². The van der Waals surface area contributed by atoms with Gasteiger partial charge in [-0.3, -0.25) is 0 Å². The zero-order chi connectivity index (χ0) is 10.8. The van der Waals surface area contributed by atoms with Crippen LogP contribution in [0.3, 0.4) is 0 Å². The van der Waals surface area contributed by atoms with Gasteiger partial charge in [0.1, 0.15) is 0 Å². The van der Waals surface area contributed by atoms with Gasteiger partial charge < -0.3 is 0 Å². The molecule has 0 aliphatic rings. The van der Waals surface area contributed by atoms with Crippen LogP contribution in [0.5, 0.6) is 0 Å². The lowest BCUT2D eigenvalue weighted by molar-refractivity contribution is 1.40. The summed E-state index contributed by atoms with van der Waals surface area (Å²) in [7, 11) is 0. The van der Waals surface area contributed by atoms with Crippen LogP contribution in [0.1, 0.15) is 0 Å². The molecule has 0 aliphatic heterocycles. The number of para-hydroxylation sites is 1. The average molecular weight is 204 g/mol. The Morgan fingerprint density at radius 3 is 2.69 bits per heavy atom. The lowest BCUT2D eigenvalue weighted by Gasteiger charge is -2.02. The van der Waals surface area contributed by atoms with Gasteiger partial charge in [-0.25, -0.2) is 4.98 Å². The van der Waals surface area contributed by atoms with Gasteiger partial charge >= 0.3 is 0 Å². The van der Waals surface area contributed by atoms with Crippen molar-refractivity contribution < 1.29 is 0 Å². The number of fused-ring (bicyclic) bond motifs is 1. The van der Waals surface area contributed by atoms with E-state index < -0.39 is 0 Å². The maximum absolute atomic E-state index is 4.63. The molecule has 2 aromatic carbocycles. The molecule has 0 fully saturated rings. The van der Waals surface area contributed by atoms with E-state index in [4.69, 9.17) is 0 Å². The SMILES string of the molecule is [c]1cccc(-c2ccc3ccccc3n2)c1. The molecule has 0 N–H and O–H groups in total. The van der Waals surface area contributed by atoms with Crippen LogP contribution in [0.15, 0.2) is 60.7 Å². The van der Waals surface area contributed by atoms with Crippen molar-refractivity contribution in [2.24, 2.45) is 0 Å². The normalized spacial score (nSPS) is 10.5. The number of aromatic nitrogens is 1. The zero-order valence-electron chi connectivity index (χ0n) is 8.72. The van der Waals surface area contributed by atoms with E-state index in [1.807, 2.05) is 48.5 Å². The van der Waals surface area contributed by atoms with Crippen LogP contribution in [-0.4, -0.2) is 4.98 Å². The van der Waals surface area contributed by atoms with Crippen LogP contribution in [-0.2, 0) is 0 Å². The molecule has 75 valence electrons. The van der Waals surface area contributed by atoms with E-state index in [0.29, 0.717) is 0 Å². The molecule has 0 spiro atoms. The molecule has 3 rings (SSSR count). The molecular weight excluding hydrogens is 194 g/mol. The molecule has 1 radical (unpaired) electrons. The Balaban J connectivity index is 2.19. The molecule has 1 nitrogen and oxygen atoms in total. The predicted octanol–water partition coefficient (Wildman–Crippen LogP) is 3.70. The second-order valence-electron chi connectivity index (χ2n) is 3.68. The Morgan fingerprint density at radius 2 is 1.81 bits per heavy atom. The molecule has 0 saturated carbocycles. The molecule has 1 aromatic heterocycles. The Morgan fingerprint density at radius 1 is 0.875 bits per heavy atom. The predicted molar refractivity (Wildman–Crippen MR) is 66.0 cm³/mol. The number of pyridine rings is 1. The van der Waals surface area contributed by atoms with E-state index >= 15 is 0 Å². The van der Waals surface area contributed by atoms with Gasteiger partial charge in [0.15, 0.2) is 0 Å². The molecule has 16 heavy (non-hydrogen) atoms. The van der Waals surface area contributed by atoms with E-state index in [1.54, 1.807) is 0 Å². The quantitative estimate of drug-likeness (QED) is 0.589. The van der Waals surface area contributed by atoms with Gasteiger partial charge in [-0.2, -0.15) is 0 Å². The third-order valence-corrected chi connectivity index (χ3v) is 2.60. The van der Waals surface area contributed by atoms with Crippen molar-refractivity contribution in [2.75, 3.05) is 0 Å². The van der Waals surface area contributed by atoms with Gasteiger partial charge in [-0.15, -0.1) is 0 Å². The molecule has 1 heterocycles. The minimum absolute atomic E-state index is 0.996. The maximum atomic E-state index is 4.63. The third-order valence-electron chi connectivity index (χ3n) is 2.60. The molecular formula is C15H10N. The minimum atomic E-state index is 0.996. The van der Waals surface area contributed by atoms with Crippen molar-refractivity contribution >= 4 is 10.9 Å². The Kier molecular flexibility index (Phi) is 2.15. The summed E-state index contributed by atoms with van der Waals surface area (Å²) in [5, 5.41) is 1.17. The highest BCUT2D eigenvalue weighted by Crippen LogP contribution is 2.20. The summed E-state index contributed by atoms with van der Waals surface area (Å²) in [4.78, 5) is 4.63. The second kappa shape index (κ2) is 3.78. The maximum Gasteiger partial charge on any atom is 0.0709 e. The monoisotopic (exact) mass is 204 g/mol. The van der Waals surface area contributed by atoms with Gasteiger partial charge in [-0.1, -0.05) is 42.5 Å². The summed E-state index contributed by atoms with van der Waals surface area (Å²) in [6.45, 7) is 0. The molecule has 1 heteroatoms. The number of hydrogen-bond donors (Lipinski definition) is 0. The van der Waals surface area contributed by atoms with Crippen molar-refractivity contribution in [3.8, 4) is 11.3 Å². The fourth-order valence-electron chi connectivity index (χ4n) is 1.78. The minimum Gasteiger partial charge on any atom is -0.248 e. The van der Waals surface area contributed by atoms with Crippen LogP contribution in [0.4, 0.5) is 0 Å². The van der Waals surface area contributed by atoms with E-state index in [2.05, 4.69) is 23.2 Å². The topological polar surface area (TPSA) is 12.9 Å². The largest absolute Gasteiger partial charge is 0.248 e. The first kappa shape index (κ1) is 9.10. The van der Waals surface area contributed by atoms with Crippen LogP contribution in [0, 0.1) is 6.07 Å². The average Bonchev–Trinajstić information content (AvgIpc) is 2.39. The standard InChI is InChI=1S/C15H10N/c1-2-6-12(7-3-1)15-11-10-13-8-4-5-9-14(13)16-15/h1-2,4-11H. The number of nitrogens with zero attached hydrogens (tertiary/aromatic N) is 1. The van der Waals surface area contributed by atoms with Crippen molar-refractivity contribution in [1.29, 1.82) is 0 Å². The highest BCUT2D eigenvalue weighted by atomic mass is 14.7. The number of benzene rings is 2. The first-order chi connectivity index (χ1) is 7.93. The zero-order valence-corrected chi connectivity index (χ0v) is 8.72. The summed E-state index contributed by atoms with van der Waals surface area (Å²) in [5.41, 5.74) is 3.13. The third kappa shape index (κ3) is 1.57. The lowest BCUT2D eigenvalue weighted by atomic mass is 10.1. The van der Waals surface area contributed by atoms with Crippen LogP contribution < -0.4 is 0 Å². The molecule has 0 bridgehead atoms. The highest BCUT2D eigenvalue weighted by molar-refractivity contribution is 5.81. The van der Waals surface area contributed by atoms with Crippen LogP contribution in [0.25, 0.3) is 22.2 Å². The van der Waals surface area contributed by atoms with Crippen molar-refractivity contribution in [2.45, 2.75) is 0 Å². The first-order valence-electron chi connectivity index (χ1n) is 5.26. The number of rotatable bonds is 1. The van der Waals surface area contributed by atoms with Crippen molar-refractivity contribution in [3.05, 3.63) is 66.7 Å². The van der Waals surface area contributed by atoms with Gasteiger partial charge in [0.25, 0.3) is 0 Å². The Bertz CT molecular complexity index is 614. The van der Waals surface area contributed by atoms with E-state index in [9.17, 15) is 0 Å². The summed E-state index contributed by atoms with van der Waals surface area (Å²) in [6.07, 6.45) is 0. The smallest absolute Gasteiger partial charge is 0.0709 e. The Hall–Kier alpha value is -2.15.